The molecule has 13 nitrogen and oxygen atoms in total. The van der Waals surface area contributed by atoms with Gasteiger partial charge in [-0.3, -0.25) is 24.3 Å². The second-order valence-corrected chi connectivity index (χ2v) is 14.5. The number of benzene rings is 4. The van der Waals surface area contributed by atoms with E-state index in [1.807, 2.05) is 83.8 Å². The van der Waals surface area contributed by atoms with Gasteiger partial charge in [-0.05, 0) is 52.6 Å². The number of aliphatic hydroxyl groups is 1. The Balaban J connectivity index is 1.39. The number of pyridine rings is 1. The van der Waals surface area contributed by atoms with Crippen LogP contribution in [0.15, 0.2) is 134 Å². The third-order valence-corrected chi connectivity index (χ3v) is 11.3. The van der Waals surface area contributed by atoms with E-state index >= 15 is 14.4 Å². The van der Waals surface area contributed by atoms with Crippen molar-refractivity contribution in [3.8, 4) is 5.75 Å². The second kappa shape index (κ2) is 17.2. The molecule has 0 aliphatic carbocycles. The Morgan fingerprint density at radius 2 is 1.53 bits per heavy atom. The molecule has 3 aliphatic rings. The number of hydrogen-bond acceptors (Lipinski definition) is 11. The Morgan fingerprint density at radius 3 is 2.25 bits per heavy atom. The number of morpholine rings is 1. The molecule has 4 aromatic carbocycles. The van der Waals surface area contributed by atoms with Crippen molar-refractivity contribution in [1.82, 2.24) is 15.2 Å². The molecule has 13 heteroatoms. The number of fused-ring (bicyclic) bond motifs is 3. The van der Waals surface area contributed by atoms with Gasteiger partial charge in [0, 0.05) is 32.0 Å². The number of cyclic esters (lactones) is 1. The maximum Gasteiger partial charge on any atom is 0.421 e. The van der Waals surface area contributed by atoms with Crippen LogP contribution in [0, 0.1) is 5.92 Å². The second-order valence-electron chi connectivity index (χ2n) is 14.5. The van der Waals surface area contributed by atoms with Crippen LogP contribution in [-0.4, -0.2) is 85.0 Å². The summed E-state index contributed by atoms with van der Waals surface area (Å²) in [5.41, 5.74) is 1.46. The molecule has 5 aromatic rings. The van der Waals surface area contributed by atoms with E-state index in [0.29, 0.717) is 28.9 Å². The number of aliphatic hydroxyl groups excluding tert-OH is 1. The molecule has 3 aliphatic heterocycles. The third-order valence-electron chi connectivity index (χ3n) is 11.3. The Kier molecular flexibility index (Phi) is 11.5. The molecule has 0 unspecified atom stereocenters. The Morgan fingerprint density at radius 1 is 0.814 bits per heavy atom. The number of nitrogens with zero attached hydrogens (tertiary/aromatic N) is 3. The normalized spacial score (nSPS) is 23.4. The SMILES string of the molecule is COCCOC(=O)N1C(=O)[C@@]2(c3ccccc31)[C@H](c1cccc(OCCO)c1)N1[C@H](c3ccccc3)[C@H](c3ccccc3)OC(=O)[C@H]1[C@@H]2C(=O)NCCc1ccccn1. The van der Waals surface area contributed by atoms with Crippen molar-refractivity contribution in [2.45, 2.75) is 36.1 Å². The molecule has 0 bridgehead atoms. The number of nitrogens with one attached hydrogen (secondary N) is 1. The molecular weight excluding hydrogens is 753 g/mol. The highest BCUT2D eigenvalue weighted by Crippen LogP contribution is 2.65. The first-order valence-electron chi connectivity index (χ1n) is 19.6. The number of anilines is 1. The number of carbonyl (C=O) groups is 4. The molecule has 8 rings (SSSR count). The summed E-state index contributed by atoms with van der Waals surface area (Å²) in [6.07, 6.45) is 0.232. The number of hydrogen-bond donors (Lipinski definition) is 2. The van der Waals surface area contributed by atoms with Gasteiger partial charge in [-0.2, -0.15) is 0 Å². The summed E-state index contributed by atoms with van der Waals surface area (Å²) in [5.74, 6) is -3.04. The topological polar surface area (TPSA) is 157 Å². The van der Waals surface area contributed by atoms with E-state index in [2.05, 4.69) is 10.3 Å². The van der Waals surface area contributed by atoms with Gasteiger partial charge in [-0.1, -0.05) is 97.1 Å². The molecule has 59 heavy (non-hydrogen) atoms. The van der Waals surface area contributed by atoms with Crippen LogP contribution in [0.5, 0.6) is 5.75 Å². The van der Waals surface area contributed by atoms with Gasteiger partial charge < -0.3 is 29.4 Å². The summed E-state index contributed by atoms with van der Waals surface area (Å²) in [7, 11) is 1.47. The molecule has 0 radical (unpaired) electrons. The lowest BCUT2D eigenvalue weighted by Gasteiger charge is -2.46. The summed E-state index contributed by atoms with van der Waals surface area (Å²) in [4.78, 5) is 67.7. The number of ether oxygens (including phenoxy) is 4. The zero-order valence-electron chi connectivity index (χ0n) is 32.4. The van der Waals surface area contributed by atoms with Gasteiger partial charge in [-0.15, -0.1) is 0 Å². The molecule has 4 heterocycles. The fourth-order valence-electron chi connectivity index (χ4n) is 9.03. The third kappa shape index (κ3) is 7.11. The smallest absolute Gasteiger partial charge is 0.421 e. The molecule has 1 aromatic heterocycles. The van der Waals surface area contributed by atoms with Crippen molar-refractivity contribution in [2.75, 3.05) is 45.0 Å². The highest BCUT2D eigenvalue weighted by atomic mass is 16.6. The van der Waals surface area contributed by atoms with Gasteiger partial charge in [-0.25, -0.2) is 9.69 Å². The van der Waals surface area contributed by atoms with Gasteiger partial charge in [0.2, 0.25) is 11.8 Å². The molecule has 2 saturated heterocycles. The fraction of sp³-hybridized carbons (Fsp3) is 0.283. The maximum atomic E-state index is 15.9. The molecule has 2 N–H and O–H groups in total. The van der Waals surface area contributed by atoms with Crippen LogP contribution in [0.25, 0.3) is 0 Å². The van der Waals surface area contributed by atoms with Crippen LogP contribution < -0.4 is 15.0 Å². The fourth-order valence-corrected chi connectivity index (χ4v) is 9.03. The first-order chi connectivity index (χ1) is 28.9. The Labute approximate surface area is 341 Å². The van der Waals surface area contributed by atoms with E-state index in [1.165, 1.54) is 7.11 Å². The Bertz CT molecular complexity index is 2300. The zero-order chi connectivity index (χ0) is 40.9. The quantitative estimate of drug-likeness (QED) is 0.118. The van der Waals surface area contributed by atoms with E-state index in [-0.39, 0.29) is 38.7 Å². The predicted molar refractivity (Wildman–Crippen MR) is 215 cm³/mol. The molecule has 0 saturated carbocycles. The van der Waals surface area contributed by atoms with E-state index in [9.17, 15) is 9.90 Å². The number of amides is 3. The average molecular weight is 797 g/mol. The van der Waals surface area contributed by atoms with E-state index in [0.717, 1.165) is 16.2 Å². The minimum absolute atomic E-state index is 0.00477. The zero-order valence-corrected chi connectivity index (χ0v) is 32.4. The van der Waals surface area contributed by atoms with Crippen LogP contribution in [0.4, 0.5) is 10.5 Å². The first-order valence-corrected chi connectivity index (χ1v) is 19.6. The van der Waals surface area contributed by atoms with Crippen LogP contribution in [0.2, 0.25) is 0 Å². The number of imide groups is 1. The van der Waals surface area contributed by atoms with Crippen LogP contribution in [-0.2, 0) is 40.4 Å². The van der Waals surface area contributed by atoms with Gasteiger partial charge >= 0.3 is 12.1 Å². The van der Waals surface area contributed by atoms with E-state index in [1.54, 1.807) is 54.7 Å². The monoisotopic (exact) mass is 796 g/mol. The molecule has 6 atom stereocenters. The number of aromatic nitrogens is 1. The number of para-hydroxylation sites is 1. The van der Waals surface area contributed by atoms with Crippen molar-refractivity contribution in [3.05, 3.63) is 162 Å². The van der Waals surface area contributed by atoms with Gasteiger partial charge in [0.15, 0.2) is 0 Å². The van der Waals surface area contributed by atoms with Crippen molar-refractivity contribution in [1.29, 1.82) is 0 Å². The van der Waals surface area contributed by atoms with Crippen LogP contribution in [0.3, 0.4) is 0 Å². The Hall–Kier alpha value is -6.41. The van der Waals surface area contributed by atoms with Crippen molar-refractivity contribution >= 4 is 29.6 Å². The standard InChI is InChI=1S/C46H44N4O9/c1-56-27-28-58-45(55)49-36-21-9-8-20-35(36)46(44(49)54)37(42(52)48-24-22-33-18-10-11-23-47-33)39-43(53)59-40(31-15-6-3-7-16-31)38(30-13-4-2-5-14-30)50(39)41(46)32-17-12-19-34(29-32)57-26-25-51/h2-21,23,29,37-41,51H,22,24-28H2,1H3,(H,48,52)/t37-,38-,39-,40+,41+,46-/m1/s1. The van der Waals surface area contributed by atoms with Gasteiger partial charge in [0.1, 0.15) is 36.5 Å². The highest BCUT2D eigenvalue weighted by Gasteiger charge is 2.75. The van der Waals surface area contributed by atoms with Gasteiger partial charge in [0.05, 0.1) is 36.9 Å². The van der Waals surface area contributed by atoms with Crippen molar-refractivity contribution in [2.24, 2.45) is 5.92 Å². The number of methoxy groups -OCH3 is 1. The van der Waals surface area contributed by atoms with Crippen molar-refractivity contribution < 1.29 is 43.2 Å². The predicted octanol–water partition coefficient (Wildman–Crippen LogP) is 5.26. The highest BCUT2D eigenvalue weighted by molar-refractivity contribution is 6.23. The minimum atomic E-state index is -1.91. The van der Waals surface area contributed by atoms with Crippen LogP contribution in [0.1, 0.15) is 46.1 Å². The summed E-state index contributed by atoms with van der Waals surface area (Å²) in [5, 5.41) is 12.7. The van der Waals surface area contributed by atoms with E-state index in [4.69, 9.17) is 18.9 Å². The number of carbonyl (C=O) groups excluding carboxylic acids is 4. The number of esters is 1. The van der Waals surface area contributed by atoms with E-state index < -0.39 is 59.4 Å². The molecule has 302 valence electrons. The molecular formula is C46H44N4O9. The first kappa shape index (κ1) is 39.4. The number of rotatable bonds is 13. The molecule has 3 amide bonds. The maximum absolute atomic E-state index is 15.9. The summed E-state index contributed by atoms with van der Waals surface area (Å²) in [6, 6.07) is 35.2. The minimum Gasteiger partial charge on any atom is -0.491 e. The molecule has 2 fully saturated rings. The summed E-state index contributed by atoms with van der Waals surface area (Å²) >= 11 is 0. The summed E-state index contributed by atoms with van der Waals surface area (Å²) < 4.78 is 23.1. The average Bonchev–Trinajstić information content (AvgIpc) is 3.73. The lowest BCUT2D eigenvalue weighted by Crippen LogP contribution is -2.56. The lowest BCUT2D eigenvalue weighted by molar-refractivity contribution is -0.178. The largest absolute Gasteiger partial charge is 0.491 e. The molecule has 1 spiro atoms. The lowest BCUT2D eigenvalue weighted by atomic mass is 9.65. The van der Waals surface area contributed by atoms with Gasteiger partial charge in [0.25, 0.3) is 0 Å². The van der Waals surface area contributed by atoms with Crippen LogP contribution >= 0.6 is 0 Å². The summed E-state index contributed by atoms with van der Waals surface area (Å²) in [6.45, 7) is -0.127. The van der Waals surface area contributed by atoms with Crippen molar-refractivity contribution in [3.63, 3.8) is 0 Å².